The molecule has 0 N–H and O–H groups in total. The summed E-state index contributed by atoms with van der Waals surface area (Å²) in [5.74, 6) is -4.66. The van der Waals surface area contributed by atoms with Crippen LogP contribution < -0.4 is 0 Å². The van der Waals surface area contributed by atoms with Crippen LogP contribution in [0.5, 0.6) is 0 Å². The summed E-state index contributed by atoms with van der Waals surface area (Å²) in [6.45, 7) is 0.451. The third kappa shape index (κ3) is 1.81. The van der Waals surface area contributed by atoms with Gasteiger partial charge in [-0.3, -0.25) is 0 Å². The molecule has 1 atom stereocenters. The fourth-order valence-corrected chi connectivity index (χ4v) is 0.373. The lowest BCUT2D eigenvalue weighted by Gasteiger charge is -2.25. The van der Waals surface area contributed by atoms with Crippen LogP contribution in [0.15, 0.2) is 0 Å². The van der Waals surface area contributed by atoms with Crippen molar-refractivity contribution in [3.8, 4) is 0 Å². The van der Waals surface area contributed by atoms with E-state index in [1.807, 2.05) is 0 Å². The van der Waals surface area contributed by atoms with Crippen LogP contribution in [-0.2, 0) is 9.84 Å². The minimum atomic E-state index is -4.69. The summed E-state index contributed by atoms with van der Waals surface area (Å²) < 4.78 is 51.5. The standard InChI is InChI=1S/C5H7F4O2/c1-3(10)4(6,7)5(8,9)11-2/h3H,1-2H3. The van der Waals surface area contributed by atoms with Crippen molar-refractivity contribution in [2.75, 3.05) is 7.11 Å². The highest BCUT2D eigenvalue weighted by Gasteiger charge is 2.61. The van der Waals surface area contributed by atoms with Gasteiger partial charge >= 0.3 is 12.0 Å². The molecule has 0 rings (SSSR count). The van der Waals surface area contributed by atoms with Crippen molar-refractivity contribution in [1.82, 2.24) is 0 Å². The predicted octanol–water partition coefficient (Wildman–Crippen LogP) is 1.68. The minimum Gasteiger partial charge on any atom is -0.319 e. The van der Waals surface area contributed by atoms with E-state index in [0.717, 1.165) is 0 Å². The van der Waals surface area contributed by atoms with Crippen molar-refractivity contribution >= 4 is 0 Å². The second-order valence-electron chi connectivity index (χ2n) is 1.99. The van der Waals surface area contributed by atoms with E-state index in [-0.39, 0.29) is 0 Å². The van der Waals surface area contributed by atoms with Crippen LogP contribution in [0.3, 0.4) is 0 Å². The second-order valence-corrected chi connectivity index (χ2v) is 1.99. The zero-order valence-corrected chi connectivity index (χ0v) is 5.91. The van der Waals surface area contributed by atoms with Gasteiger partial charge in [0.1, 0.15) is 0 Å². The molecule has 0 aliphatic rings. The Morgan fingerprint density at radius 2 is 1.64 bits per heavy atom. The van der Waals surface area contributed by atoms with E-state index in [1.54, 1.807) is 0 Å². The molecule has 0 aliphatic heterocycles. The molecule has 0 aliphatic carbocycles. The Morgan fingerprint density at radius 3 is 1.73 bits per heavy atom. The lowest BCUT2D eigenvalue weighted by molar-refractivity contribution is -0.362. The Morgan fingerprint density at radius 1 is 1.27 bits per heavy atom. The maximum absolute atomic E-state index is 12.1. The fraction of sp³-hybridized carbons (Fsp3) is 1.00. The smallest absolute Gasteiger partial charge is 0.319 e. The monoisotopic (exact) mass is 175 g/mol. The highest BCUT2D eigenvalue weighted by Crippen LogP contribution is 2.37. The molecule has 2 nitrogen and oxygen atoms in total. The summed E-state index contributed by atoms with van der Waals surface area (Å²) >= 11 is 0. The first-order valence-electron chi connectivity index (χ1n) is 2.72. The molecule has 1 radical (unpaired) electrons. The molecule has 0 spiro atoms. The molecule has 67 valence electrons. The molecule has 0 aromatic carbocycles. The van der Waals surface area contributed by atoms with Gasteiger partial charge in [0.05, 0.1) is 0 Å². The molecule has 0 aromatic heterocycles. The zero-order chi connectivity index (χ0) is 9.28. The molecule has 0 aromatic rings. The lowest BCUT2D eigenvalue weighted by atomic mass is 10.2. The first-order valence-corrected chi connectivity index (χ1v) is 2.72. The van der Waals surface area contributed by atoms with E-state index < -0.39 is 18.1 Å². The summed E-state index contributed by atoms with van der Waals surface area (Å²) in [6, 6.07) is 0. The number of hydrogen-bond donors (Lipinski definition) is 0. The summed E-state index contributed by atoms with van der Waals surface area (Å²) in [7, 11) is 0.413. The van der Waals surface area contributed by atoms with Crippen LogP contribution >= 0.6 is 0 Å². The maximum atomic E-state index is 12.1. The van der Waals surface area contributed by atoms with Crippen molar-refractivity contribution in [2.45, 2.75) is 25.1 Å². The van der Waals surface area contributed by atoms with Gasteiger partial charge in [0.15, 0.2) is 6.10 Å². The van der Waals surface area contributed by atoms with Crippen LogP contribution in [0.25, 0.3) is 0 Å². The van der Waals surface area contributed by atoms with Crippen molar-refractivity contribution in [3.05, 3.63) is 0 Å². The van der Waals surface area contributed by atoms with E-state index >= 15 is 0 Å². The Labute approximate surface area is 60.8 Å². The molecule has 0 saturated heterocycles. The third-order valence-electron chi connectivity index (χ3n) is 1.15. The molecule has 0 bridgehead atoms. The first kappa shape index (κ1) is 10.6. The number of halogens is 4. The molecule has 0 fully saturated rings. The van der Waals surface area contributed by atoms with Gasteiger partial charge < -0.3 is 4.74 Å². The van der Waals surface area contributed by atoms with Crippen molar-refractivity contribution in [3.63, 3.8) is 0 Å². The maximum Gasteiger partial charge on any atom is 0.422 e. The quantitative estimate of drug-likeness (QED) is 0.600. The van der Waals surface area contributed by atoms with Crippen LogP contribution in [0.1, 0.15) is 6.92 Å². The van der Waals surface area contributed by atoms with Gasteiger partial charge in [0.2, 0.25) is 0 Å². The van der Waals surface area contributed by atoms with E-state index in [9.17, 15) is 22.7 Å². The second kappa shape index (κ2) is 2.94. The van der Waals surface area contributed by atoms with Gasteiger partial charge in [-0.25, -0.2) is 5.11 Å². The van der Waals surface area contributed by atoms with Crippen molar-refractivity contribution < 1.29 is 27.4 Å². The van der Waals surface area contributed by atoms with Gasteiger partial charge in [-0.2, -0.15) is 17.6 Å². The van der Waals surface area contributed by atoms with Crippen LogP contribution in [0.4, 0.5) is 17.6 Å². The number of ether oxygens (including phenoxy) is 1. The van der Waals surface area contributed by atoms with E-state index in [1.165, 1.54) is 0 Å². The van der Waals surface area contributed by atoms with Crippen LogP contribution in [-0.4, -0.2) is 25.2 Å². The zero-order valence-electron chi connectivity index (χ0n) is 5.91. The number of hydrogen-bond acceptors (Lipinski definition) is 1. The Kier molecular flexibility index (Phi) is 2.85. The largest absolute Gasteiger partial charge is 0.422 e. The van der Waals surface area contributed by atoms with Gasteiger partial charge in [-0.1, -0.05) is 0 Å². The molecular weight excluding hydrogens is 168 g/mol. The predicted molar refractivity (Wildman–Crippen MR) is 27.1 cm³/mol. The Hall–Kier alpha value is -0.360. The van der Waals surface area contributed by atoms with Gasteiger partial charge in [0, 0.05) is 7.11 Å². The van der Waals surface area contributed by atoms with Crippen molar-refractivity contribution in [1.29, 1.82) is 0 Å². The first-order chi connectivity index (χ1) is 4.75. The summed E-state index contributed by atoms with van der Waals surface area (Å²) in [6.07, 6.45) is -7.38. The van der Waals surface area contributed by atoms with Crippen LogP contribution in [0.2, 0.25) is 0 Å². The number of methoxy groups -OCH3 is 1. The lowest BCUT2D eigenvalue weighted by Crippen LogP contribution is -2.49. The van der Waals surface area contributed by atoms with E-state index in [4.69, 9.17) is 0 Å². The average molecular weight is 175 g/mol. The molecule has 6 heteroatoms. The Balaban J connectivity index is 4.53. The van der Waals surface area contributed by atoms with Gasteiger partial charge in [0.25, 0.3) is 0 Å². The Bertz CT molecular complexity index is 134. The molecular formula is C5H7F4O2. The topological polar surface area (TPSA) is 29.1 Å². The van der Waals surface area contributed by atoms with E-state index in [2.05, 4.69) is 4.74 Å². The highest BCUT2D eigenvalue weighted by atomic mass is 19.3. The third-order valence-corrected chi connectivity index (χ3v) is 1.15. The molecule has 0 heterocycles. The highest BCUT2D eigenvalue weighted by molar-refractivity contribution is 4.81. The SMILES string of the molecule is COC(F)(F)C(F)(F)C(C)[O]. The molecule has 1 unspecified atom stereocenters. The van der Waals surface area contributed by atoms with Gasteiger partial charge in [-0.05, 0) is 6.92 Å². The fourth-order valence-electron chi connectivity index (χ4n) is 0.373. The average Bonchev–Trinajstić information content (AvgIpc) is 1.87. The normalized spacial score (nSPS) is 16.6. The molecule has 11 heavy (non-hydrogen) atoms. The number of rotatable bonds is 3. The van der Waals surface area contributed by atoms with Crippen molar-refractivity contribution in [2.24, 2.45) is 0 Å². The summed E-state index contributed by atoms with van der Waals surface area (Å²) in [5, 5.41) is 10.0. The molecule has 0 saturated carbocycles. The molecule has 0 amide bonds. The summed E-state index contributed by atoms with van der Waals surface area (Å²) in [4.78, 5) is 0. The van der Waals surface area contributed by atoms with Gasteiger partial charge in [-0.15, -0.1) is 0 Å². The minimum absolute atomic E-state index is 0.413. The van der Waals surface area contributed by atoms with E-state index in [0.29, 0.717) is 14.0 Å². The summed E-state index contributed by atoms with van der Waals surface area (Å²) in [5.41, 5.74) is 0. The van der Waals surface area contributed by atoms with Crippen LogP contribution in [0, 0.1) is 0 Å². The number of alkyl halides is 4.